The van der Waals surface area contributed by atoms with Gasteiger partial charge in [-0.25, -0.2) is 0 Å². The molecule has 0 aliphatic rings. The van der Waals surface area contributed by atoms with Crippen molar-refractivity contribution in [3.05, 3.63) is 10.1 Å². The van der Waals surface area contributed by atoms with Gasteiger partial charge in [0.05, 0.1) is 0 Å². The van der Waals surface area contributed by atoms with E-state index >= 15 is 0 Å². The van der Waals surface area contributed by atoms with Gasteiger partial charge >= 0.3 is 0 Å². The number of nitrogens with zero attached hydrogens (tertiary/aromatic N) is 1. The minimum absolute atomic E-state index is 0. The standard InChI is InChI=1S/La.HNO3.H2O/c;2-1(3)4;/h;(H,2,3,4);1H2. The van der Waals surface area contributed by atoms with Crippen LogP contribution in [0.1, 0.15) is 0 Å². The van der Waals surface area contributed by atoms with Crippen molar-refractivity contribution in [1.82, 2.24) is 0 Å². The van der Waals surface area contributed by atoms with E-state index < -0.39 is 5.09 Å². The zero-order chi connectivity index (χ0) is 3.58. The molecule has 0 saturated carbocycles. The van der Waals surface area contributed by atoms with Gasteiger partial charge in [0.25, 0.3) is 5.09 Å². The number of rotatable bonds is 0. The second-order valence-electron chi connectivity index (χ2n) is 0.238. The zero-order valence-electron chi connectivity index (χ0n) is 2.79. The van der Waals surface area contributed by atoms with Gasteiger partial charge in [0.2, 0.25) is 0 Å². The molecule has 0 atom stereocenters. The summed E-state index contributed by atoms with van der Waals surface area (Å²) < 4.78 is 0. The molecule has 0 bridgehead atoms. The van der Waals surface area contributed by atoms with E-state index in [1.165, 1.54) is 0 Å². The molecule has 0 rings (SSSR count). The molecule has 35 valence electrons. The fourth-order valence-electron chi connectivity index (χ4n) is 0. The average Bonchev–Trinajstić information content (AvgIpc) is 0.811. The van der Waals surface area contributed by atoms with Gasteiger partial charge in [-0.1, -0.05) is 0 Å². The zero-order valence-corrected chi connectivity index (χ0v) is 6.41. The molecule has 0 amide bonds. The maximum absolute atomic E-state index is 8.36. The second-order valence-corrected chi connectivity index (χ2v) is 0.238. The van der Waals surface area contributed by atoms with Gasteiger partial charge in [-0.15, -0.1) is 10.1 Å². The van der Waals surface area contributed by atoms with E-state index in [4.69, 9.17) is 15.3 Å². The summed E-state index contributed by atoms with van der Waals surface area (Å²) >= 11 is 0. The van der Waals surface area contributed by atoms with Crippen LogP contribution in [0.4, 0.5) is 0 Å². The maximum atomic E-state index is 8.36. The van der Waals surface area contributed by atoms with Crippen molar-refractivity contribution in [3.63, 3.8) is 0 Å². The first-order chi connectivity index (χ1) is 1.73. The number of hydrogen-bond acceptors (Lipinski definition) is 2. The summed E-state index contributed by atoms with van der Waals surface area (Å²) in [6.45, 7) is 0. The fourth-order valence-corrected chi connectivity index (χ4v) is 0. The van der Waals surface area contributed by atoms with Crippen LogP contribution < -0.4 is 0 Å². The molecular weight excluding hydrogens is 217 g/mol. The SMILES string of the molecule is O.O=[N+]([O-])O.[La]. The van der Waals surface area contributed by atoms with Gasteiger partial charge in [-0.3, -0.25) is 0 Å². The Bertz CT molecular complexity index is 30.5. The van der Waals surface area contributed by atoms with Crippen molar-refractivity contribution in [3.8, 4) is 0 Å². The van der Waals surface area contributed by atoms with Crippen LogP contribution in [-0.2, 0) is 0 Å². The van der Waals surface area contributed by atoms with Gasteiger partial charge in [0.15, 0.2) is 0 Å². The van der Waals surface area contributed by atoms with Crippen LogP contribution in [0, 0.1) is 45.7 Å². The van der Waals surface area contributed by atoms with Crippen molar-refractivity contribution in [2.75, 3.05) is 0 Å². The maximum Gasteiger partial charge on any atom is 0.291 e. The monoisotopic (exact) mass is 220 g/mol. The van der Waals surface area contributed by atoms with E-state index in [1.54, 1.807) is 0 Å². The molecule has 1 radical (unpaired) electrons. The summed E-state index contributed by atoms with van der Waals surface area (Å²) in [6, 6.07) is 0. The van der Waals surface area contributed by atoms with E-state index in [2.05, 4.69) is 0 Å². The Morgan fingerprint density at radius 3 is 1.67 bits per heavy atom. The molecule has 6 heavy (non-hydrogen) atoms. The van der Waals surface area contributed by atoms with E-state index in [0.717, 1.165) is 0 Å². The van der Waals surface area contributed by atoms with Gasteiger partial charge in [0, 0.05) is 35.6 Å². The second kappa shape index (κ2) is 9.02. The summed E-state index contributed by atoms with van der Waals surface area (Å²) in [7, 11) is 0. The predicted molar refractivity (Wildman–Crippen MR) is 12.4 cm³/mol. The van der Waals surface area contributed by atoms with Crippen LogP contribution in [0.5, 0.6) is 0 Å². The minimum Gasteiger partial charge on any atom is -0.412 e. The predicted octanol–water partition coefficient (Wildman–Crippen LogP) is -1.17. The van der Waals surface area contributed by atoms with E-state index in [9.17, 15) is 0 Å². The Morgan fingerprint density at radius 2 is 1.67 bits per heavy atom. The van der Waals surface area contributed by atoms with E-state index in [1.807, 2.05) is 0 Å². The van der Waals surface area contributed by atoms with Crippen molar-refractivity contribution < 1.29 is 51.4 Å². The van der Waals surface area contributed by atoms with Crippen molar-refractivity contribution in [2.24, 2.45) is 0 Å². The molecule has 0 aromatic heterocycles. The third-order valence-corrected chi connectivity index (χ3v) is 0. The quantitative estimate of drug-likeness (QED) is 0.411. The first-order valence-electron chi connectivity index (χ1n) is 0.565. The molecule has 0 aliphatic heterocycles. The molecule has 0 aromatic rings. The minimum atomic E-state index is -1.50. The van der Waals surface area contributed by atoms with Crippen LogP contribution in [0.2, 0.25) is 0 Å². The Hall–Kier alpha value is 0.355. The summed E-state index contributed by atoms with van der Waals surface area (Å²) in [5.74, 6) is 0. The van der Waals surface area contributed by atoms with Crippen LogP contribution in [0.15, 0.2) is 0 Å². The molecular formula is H3LaNO4. The van der Waals surface area contributed by atoms with Crippen LogP contribution >= 0.6 is 0 Å². The first-order valence-corrected chi connectivity index (χ1v) is 0.565. The molecule has 5 nitrogen and oxygen atoms in total. The molecule has 0 spiro atoms. The van der Waals surface area contributed by atoms with Crippen molar-refractivity contribution in [1.29, 1.82) is 0 Å². The number of hydrogen-bond donors (Lipinski definition) is 1. The Morgan fingerprint density at radius 1 is 1.67 bits per heavy atom. The van der Waals surface area contributed by atoms with Crippen molar-refractivity contribution >= 4 is 0 Å². The summed E-state index contributed by atoms with van der Waals surface area (Å²) in [6.07, 6.45) is 0. The molecule has 0 fully saturated rings. The molecule has 6 heteroatoms. The fraction of sp³-hybridized carbons (Fsp3) is 0. The molecule has 0 aromatic carbocycles. The van der Waals surface area contributed by atoms with Crippen LogP contribution in [0.25, 0.3) is 0 Å². The van der Waals surface area contributed by atoms with Crippen molar-refractivity contribution in [2.45, 2.75) is 0 Å². The molecule has 0 saturated heterocycles. The molecule has 0 unspecified atom stereocenters. The smallest absolute Gasteiger partial charge is 0.291 e. The normalized spacial score (nSPS) is 4.00. The van der Waals surface area contributed by atoms with Gasteiger partial charge in [0.1, 0.15) is 0 Å². The Labute approximate surface area is 61.4 Å². The topological polar surface area (TPSA) is 94.9 Å². The van der Waals surface area contributed by atoms with E-state index in [0.29, 0.717) is 0 Å². The average molecular weight is 220 g/mol. The third kappa shape index (κ3) is 389. The summed E-state index contributed by atoms with van der Waals surface area (Å²) in [4.78, 5) is 8.36. The summed E-state index contributed by atoms with van der Waals surface area (Å²) in [5, 5.41) is 13.6. The molecule has 3 N–H and O–H groups in total. The van der Waals surface area contributed by atoms with Crippen LogP contribution in [-0.4, -0.2) is 15.8 Å². The van der Waals surface area contributed by atoms with Gasteiger partial charge < -0.3 is 10.7 Å². The first kappa shape index (κ1) is 16.2. The third-order valence-electron chi connectivity index (χ3n) is 0. The Kier molecular flexibility index (Phi) is 24.3. The molecule has 0 heterocycles. The molecule has 0 aliphatic carbocycles. The Balaban J connectivity index is -0.0000000450. The largest absolute Gasteiger partial charge is 0.412 e. The van der Waals surface area contributed by atoms with Gasteiger partial charge in [-0.2, -0.15) is 0 Å². The van der Waals surface area contributed by atoms with Crippen LogP contribution in [0.3, 0.4) is 0 Å². The van der Waals surface area contributed by atoms with Gasteiger partial charge in [-0.05, 0) is 0 Å². The van der Waals surface area contributed by atoms with E-state index in [-0.39, 0.29) is 41.1 Å². The summed E-state index contributed by atoms with van der Waals surface area (Å²) in [5.41, 5.74) is 0.